The van der Waals surface area contributed by atoms with E-state index >= 15 is 0 Å². The minimum atomic E-state index is -4.68. The van der Waals surface area contributed by atoms with Crippen molar-refractivity contribution >= 4 is 39.9 Å². The van der Waals surface area contributed by atoms with Gasteiger partial charge >= 0.3 is 6.18 Å². The molecule has 0 radical (unpaired) electrons. The SMILES string of the molecule is Fc1ccc(Oc2ccc(CNc3nc(-c4ccc(Cl)c(Cl)c4)ns3)c(C(F)(F)F)c2)cc1F. The Bertz CT molecular complexity index is 1350. The Balaban J connectivity index is 1.52. The van der Waals surface area contributed by atoms with Gasteiger partial charge in [-0.2, -0.15) is 22.5 Å². The van der Waals surface area contributed by atoms with Crippen LogP contribution in [-0.4, -0.2) is 9.36 Å². The van der Waals surface area contributed by atoms with Gasteiger partial charge in [0, 0.05) is 29.7 Å². The molecule has 176 valence electrons. The fourth-order valence-corrected chi connectivity index (χ4v) is 3.81. The molecule has 0 bridgehead atoms. The summed E-state index contributed by atoms with van der Waals surface area (Å²) < 4.78 is 76.9. The van der Waals surface area contributed by atoms with E-state index in [0.717, 1.165) is 35.8 Å². The molecule has 34 heavy (non-hydrogen) atoms. The van der Waals surface area contributed by atoms with Crippen LogP contribution in [0.5, 0.6) is 11.5 Å². The minimum Gasteiger partial charge on any atom is -0.457 e. The van der Waals surface area contributed by atoms with Gasteiger partial charge < -0.3 is 10.1 Å². The number of nitrogens with one attached hydrogen (secondary N) is 1. The average molecular weight is 532 g/mol. The van der Waals surface area contributed by atoms with Crippen LogP contribution in [0.3, 0.4) is 0 Å². The van der Waals surface area contributed by atoms with Gasteiger partial charge in [0.15, 0.2) is 17.5 Å². The van der Waals surface area contributed by atoms with Crippen molar-refractivity contribution in [1.82, 2.24) is 9.36 Å². The molecular weight excluding hydrogens is 520 g/mol. The number of benzene rings is 3. The molecule has 0 spiro atoms. The van der Waals surface area contributed by atoms with Crippen molar-refractivity contribution in [2.24, 2.45) is 0 Å². The van der Waals surface area contributed by atoms with Crippen LogP contribution in [0, 0.1) is 11.6 Å². The maximum Gasteiger partial charge on any atom is 0.416 e. The molecule has 4 aromatic rings. The van der Waals surface area contributed by atoms with E-state index in [1.54, 1.807) is 18.2 Å². The van der Waals surface area contributed by atoms with Crippen LogP contribution in [0.2, 0.25) is 10.0 Å². The van der Waals surface area contributed by atoms with Crippen molar-refractivity contribution in [3.8, 4) is 22.9 Å². The normalized spacial score (nSPS) is 11.5. The Morgan fingerprint density at radius 2 is 1.62 bits per heavy atom. The number of hydrogen-bond donors (Lipinski definition) is 1. The summed E-state index contributed by atoms with van der Waals surface area (Å²) in [6, 6.07) is 10.9. The molecule has 0 aliphatic heterocycles. The van der Waals surface area contributed by atoms with Crippen LogP contribution in [0.4, 0.5) is 27.1 Å². The highest BCUT2D eigenvalue weighted by atomic mass is 35.5. The summed E-state index contributed by atoms with van der Waals surface area (Å²) in [5.74, 6) is -2.24. The standard InChI is InChI=1S/C22H12Cl2F5N3OS/c23-16-5-2-11(7-17(16)24)20-31-21(34-32-20)30-10-12-1-3-13(8-15(12)22(27,28)29)33-14-4-6-18(25)19(26)9-14/h1-9H,10H2,(H,30,31,32). The molecule has 1 heterocycles. The number of halogens is 7. The molecular formula is C22H12Cl2F5N3OS. The van der Waals surface area contributed by atoms with E-state index < -0.39 is 23.4 Å². The van der Waals surface area contributed by atoms with Gasteiger partial charge in [-0.05, 0) is 48.0 Å². The molecule has 0 fully saturated rings. The Morgan fingerprint density at radius 1 is 0.882 bits per heavy atom. The fraction of sp³-hybridized carbons (Fsp3) is 0.0909. The highest BCUT2D eigenvalue weighted by molar-refractivity contribution is 7.09. The lowest BCUT2D eigenvalue weighted by atomic mass is 10.1. The molecule has 1 N–H and O–H groups in total. The van der Waals surface area contributed by atoms with Crippen LogP contribution in [0.25, 0.3) is 11.4 Å². The zero-order chi connectivity index (χ0) is 24.5. The van der Waals surface area contributed by atoms with Crippen LogP contribution in [0.15, 0.2) is 54.6 Å². The highest BCUT2D eigenvalue weighted by Crippen LogP contribution is 2.36. The summed E-state index contributed by atoms with van der Waals surface area (Å²) >= 11 is 12.9. The first-order chi connectivity index (χ1) is 16.1. The Hall–Kier alpha value is -2.95. The fourth-order valence-electron chi connectivity index (χ4n) is 2.93. The molecule has 3 aromatic carbocycles. The van der Waals surface area contributed by atoms with Crippen molar-refractivity contribution in [1.29, 1.82) is 0 Å². The van der Waals surface area contributed by atoms with Gasteiger partial charge in [-0.25, -0.2) is 8.78 Å². The maximum absolute atomic E-state index is 13.7. The summed E-state index contributed by atoms with van der Waals surface area (Å²) in [6.45, 7) is -0.198. The third-order valence-electron chi connectivity index (χ3n) is 4.55. The molecule has 0 atom stereocenters. The molecule has 1 aromatic heterocycles. The second kappa shape index (κ2) is 9.73. The number of aromatic nitrogens is 2. The van der Waals surface area contributed by atoms with Gasteiger partial charge in [-0.3, -0.25) is 0 Å². The molecule has 4 rings (SSSR count). The van der Waals surface area contributed by atoms with Crippen molar-refractivity contribution in [3.63, 3.8) is 0 Å². The molecule has 0 unspecified atom stereocenters. The molecule has 0 aliphatic rings. The molecule has 0 amide bonds. The van der Waals surface area contributed by atoms with Crippen molar-refractivity contribution in [2.45, 2.75) is 12.7 Å². The van der Waals surface area contributed by atoms with E-state index in [1.807, 2.05) is 0 Å². The highest BCUT2D eigenvalue weighted by Gasteiger charge is 2.34. The monoisotopic (exact) mass is 531 g/mol. The average Bonchev–Trinajstić information content (AvgIpc) is 3.26. The summed E-state index contributed by atoms with van der Waals surface area (Å²) in [5.41, 5.74) is -0.417. The Morgan fingerprint density at radius 3 is 2.32 bits per heavy atom. The van der Waals surface area contributed by atoms with E-state index in [2.05, 4.69) is 14.7 Å². The lowest BCUT2D eigenvalue weighted by Gasteiger charge is -2.15. The zero-order valence-electron chi connectivity index (χ0n) is 16.8. The van der Waals surface area contributed by atoms with Crippen LogP contribution in [0.1, 0.15) is 11.1 Å². The number of anilines is 1. The lowest BCUT2D eigenvalue weighted by molar-refractivity contribution is -0.138. The summed E-state index contributed by atoms with van der Waals surface area (Å²) in [6.07, 6.45) is -4.68. The second-order valence-electron chi connectivity index (χ2n) is 6.90. The van der Waals surface area contributed by atoms with Gasteiger partial charge in [0.1, 0.15) is 11.5 Å². The van der Waals surface area contributed by atoms with E-state index in [1.165, 1.54) is 12.1 Å². The van der Waals surface area contributed by atoms with E-state index in [-0.39, 0.29) is 23.6 Å². The largest absolute Gasteiger partial charge is 0.457 e. The first-order valence-corrected chi connectivity index (χ1v) is 11.0. The molecule has 12 heteroatoms. The minimum absolute atomic E-state index is 0.0728. The van der Waals surface area contributed by atoms with Gasteiger partial charge in [0.2, 0.25) is 5.13 Å². The summed E-state index contributed by atoms with van der Waals surface area (Å²) in [5, 5.41) is 3.82. The third kappa shape index (κ3) is 5.57. The number of alkyl halides is 3. The van der Waals surface area contributed by atoms with Gasteiger partial charge in [0.05, 0.1) is 15.6 Å². The smallest absolute Gasteiger partial charge is 0.416 e. The van der Waals surface area contributed by atoms with Crippen LogP contribution in [-0.2, 0) is 12.7 Å². The molecule has 0 saturated heterocycles. The Labute approximate surface area is 204 Å². The van der Waals surface area contributed by atoms with Crippen LogP contribution >= 0.6 is 34.7 Å². The first-order valence-electron chi connectivity index (χ1n) is 9.46. The van der Waals surface area contributed by atoms with Crippen molar-refractivity contribution < 1.29 is 26.7 Å². The first kappa shape index (κ1) is 24.2. The summed E-state index contributed by atoms with van der Waals surface area (Å²) in [4.78, 5) is 4.27. The molecule has 0 saturated carbocycles. The molecule has 0 aliphatic carbocycles. The predicted octanol–water partition coefficient (Wildman–Crippen LogP) is 8.21. The quantitative estimate of drug-likeness (QED) is 0.254. The second-order valence-corrected chi connectivity index (χ2v) is 8.47. The molecule has 4 nitrogen and oxygen atoms in total. The van der Waals surface area contributed by atoms with Crippen LogP contribution < -0.4 is 10.1 Å². The van der Waals surface area contributed by atoms with E-state index in [4.69, 9.17) is 27.9 Å². The van der Waals surface area contributed by atoms with Crippen molar-refractivity contribution in [2.75, 3.05) is 5.32 Å². The summed E-state index contributed by atoms with van der Waals surface area (Å²) in [7, 11) is 0. The lowest BCUT2D eigenvalue weighted by Crippen LogP contribution is -2.12. The van der Waals surface area contributed by atoms with Gasteiger partial charge in [-0.15, -0.1) is 0 Å². The van der Waals surface area contributed by atoms with Crippen molar-refractivity contribution in [3.05, 3.63) is 87.4 Å². The number of rotatable bonds is 6. The number of hydrogen-bond acceptors (Lipinski definition) is 5. The number of nitrogens with zero attached hydrogens (tertiary/aromatic N) is 2. The van der Waals surface area contributed by atoms with E-state index in [9.17, 15) is 22.0 Å². The maximum atomic E-state index is 13.7. The predicted molar refractivity (Wildman–Crippen MR) is 121 cm³/mol. The van der Waals surface area contributed by atoms with Gasteiger partial charge in [-0.1, -0.05) is 29.3 Å². The number of ether oxygens (including phenoxy) is 1. The zero-order valence-corrected chi connectivity index (χ0v) is 19.1. The topological polar surface area (TPSA) is 47.0 Å². The Kier molecular flexibility index (Phi) is 6.92. The third-order valence-corrected chi connectivity index (χ3v) is 5.96. The van der Waals surface area contributed by atoms with E-state index in [0.29, 0.717) is 26.6 Å². The van der Waals surface area contributed by atoms with Gasteiger partial charge in [0.25, 0.3) is 0 Å².